The second kappa shape index (κ2) is 8.70. The third-order valence-corrected chi connectivity index (χ3v) is 5.11. The minimum Gasteiger partial charge on any atom is -0.493 e. The maximum atomic E-state index is 5.40. The van der Waals surface area contributed by atoms with Crippen molar-refractivity contribution in [2.45, 2.75) is 13.1 Å². The number of nitrogens with zero attached hydrogens (tertiary/aromatic N) is 2. The standard InChI is InChI=1S/C20H25BrN2O2/c1-24-19-7-6-17(13-20(19)25-2)15-23-10-8-22(9-11-23)14-16-4-3-5-18(21)12-16/h3-7,12-13H,8-11,14-15H2,1-2H3. The summed E-state index contributed by atoms with van der Waals surface area (Å²) < 4.78 is 11.9. The number of halogens is 1. The summed E-state index contributed by atoms with van der Waals surface area (Å²) in [6.45, 7) is 6.33. The first-order valence-corrected chi connectivity index (χ1v) is 9.37. The van der Waals surface area contributed by atoms with Crippen LogP contribution in [0.25, 0.3) is 0 Å². The molecule has 0 bridgehead atoms. The molecule has 1 heterocycles. The van der Waals surface area contributed by atoms with Gasteiger partial charge in [0.1, 0.15) is 0 Å². The molecule has 0 atom stereocenters. The van der Waals surface area contributed by atoms with Gasteiger partial charge in [-0.2, -0.15) is 0 Å². The molecule has 0 aromatic heterocycles. The second-order valence-electron chi connectivity index (χ2n) is 6.37. The Morgan fingerprint density at radius 2 is 1.40 bits per heavy atom. The van der Waals surface area contributed by atoms with Crippen molar-refractivity contribution in [1.29, 1.82) is 0 Å². The Bertz CT molecular complexity index is 700. The van der Waals surface area contributed by atoms with Crippen LogP contribution in [0.4, 0.5) is 0 Å². The molecule has 0 N–H and O–H groups in total. The number of piperazine rings is 1. The van der Waals surface area contributed by atoms with E-state index < -0.39 is 0 Å². The van der Waals surface area contributed by atoms with Crippen molar-refractivity contribution in [3.8, 4) is 11.5 Å². The van der Waals surface area contributed by atoms with Gasteiger partial charge in [-0.15, -0.1) is 0 Å². The van der Waals surface area contributed by atoms with Crippen LogP contribution in [0.5, 0.6) is 11.5 Å². The van der Waals surface area contributed by atoms with Crippen LogP contribution in [0, 0.1) is 0 Å². The van der Waals surface area contributed by atoms with E-state index in [1.165, 1.54) is 11.1 Å². The first kappa shape index (κ1) is 18.2. The molecule has 2 aromatic rings. The molecule has 2 aromatic carbocycles. The normalized spacial score (nSPS) is 16.0. The van der Waals surface area contributed by atoms with Gasteiger partial charge in [0.2, 0.25) is 0 Å². The number of ether oxygens (including phenoxy) is 2. The van der Waals surface area contributed by atoms with Gasteiger partial charge < -0.3 is 9.47 Å². The smallest absolute Gasteiger partial charge is 0.161 e. The largest absolute Gasteiger partial charge is 0.493 e. The zero-order valence-corrected chi connectivity index (χ0v) is 16.5. The predicted octanol–water partition coefficient (Wildman–Crippen LogP) is 3.78. The molecular weight excluding hydrogens is 380 g/mol. The number of methoxy groups -OCH3 is 2. The number of hydrogen-bond acceptors (Lipinski definition) is 4. The van der Waals surface area contributed by atoms with Crippen LogP contribution in [-0.4, -0.2) is 50.2 Å². The maximum Gasteiger partial charge on any atom is 0.161 e. The van der Waals surface area contributed by atoms with Gasteiger partial charge in [0.15, 0.2) is 11.5 Å². The van der Waals surface area contributed by atoms with Gasteiger partial charge in [-0.05, 0) is 35.4 Å². The van der Waals surface area contributed by atoms with Crippen molar-refractivity contribution < 1.29 is 9.47 Å². The lowest BCUT2D eigenvalue weighted by atomic mass is 10.1. The molecule has 4 nitrogen and oxygen atoms in total. The molecule has 1 fully saturated rings. The topological polar surface area (TPSA) is 24.9 Å². The SMILES string of the molecule is COc1ccc(CN2CCN(Cc3cccc(Br)c3)CC2)cc1OC. The lowest BCUT2D eigenvalue weighted by Gasteiger charge is -2.34. The summed E-state index contributed by atoms with van der Waals surface area (Å²) in [5.41, 5.74) is 2.63. The molecule has 0 aliphatic carbocycles. The number of rotatable bonds is 6. The highest BCUT2D eigenvalue weighted by Gasteiger charge is 2.17. The summed E-state index contributed by atoms with van der Waals surface area (Å²) in [5.74, 6) is 1.58. The summed E-state index contributed by atoms with van der Waals surface area (Å²) in [6, 6.07) is 14.8. The summed E-state index contributed by atoms with van der Waals surface area (Å²) >= 11 is 3.55. The van der Waals surface area contributed by atoms with Gasteiger partial charge >= 0.3 is 0 Å². The Morgan fingerprint density at radius 3 is 1.96 bits per heavy atom. The van der Waals surface area contributed by atoms with Gasteiger partial charge in [-0.3, -0.25) is 9.80 Å². The Kier molecular flexibility index (Phi) is 6.34. The van der Waals surface area contributed by atoms with Crippen molar-refractivity contribution in [3.05, 3.63) is 58.1 Å². The molecule has 0 amide bonds. The van der Waals surface area contributed by atoms with E-state index in [1.54, 1.807) is 14.2 Å². The van der Waals surface area contributed by atoms with Crippen molar-refractivity contribution in [2.24, 2.45) is 0 Å². The lowest BCUT2D eigenvalue weighted by molar-refractivity contribution is 0.122. The monoisotopic (exact) mass is 404 g/mol. The number of benzene rings is 2. The molecule has 0 spiro atoms. The molecular formula is C20H25BrN2O2. The van der Waals surface area contributed by atoms with Gasteiger partial charge in [0, 0.05) is 43.7 Å². The highest BCUT2D eigenvalue weighted by Crippen LogP contribution is 2.28. The molecule has 0 radical (unpaired) electrons. The minimum atomic E-state index is 0.782. The van der Waals surface area contributed by atoms with Gasteiger partial charge in [0.25, 0.3) is 0 Å². The predicted molar refractivity (Wildman–Crippen MR) is 104 cm³/mol. The van der Waals surface area contributed by atoms with Gasteiger partial charge in [-0.1, -0.05) is 34.1 Å². The molecule has 1 aliphatic heterocycles. The van der Waals surface area contributed by atoms with Crippen molar-refractivity contribution in [1.82, 2.24) is 9.80 Å². The fourth-order valence-electron chi connectivity index (χ4n) is 3.24. The van der Waals surface area contributed by atoms with E-state index in [1.807, 2.05) is 6.07 Å². The molecule has 134 valence electrons. The zero-order chi connectivity index (χ0) is 17.6. The summed E-state index contributed by atoms with van der Waals surface area (Å²) in [6.07, 6.45) is 0. The van der Waals surface area contributed by atoms with Crippen LogP contribution in [0.15, 0.2) is 46.9 Å². The van der Waals surface area contributed by atoms with Crippen LogP contribution in [0.3, 0.4) is 0 Å². The zero-order valence-electron chi connectivity index (χ0n) is 14.9. The molecule has 5 heteroatoms. The Balaban J connectivity index is 1.52. The summed E-state index contributed by atoms with van der Waals surface area (Å²) in [4.78, 5) is 5.02. The number of hydrogen-bond donors (Lipinski definition) is 0. The molecule has 25 heavy (non-hydrogen) atoms. The Morgan fingerprint density at radius 1 is 0.800 bits per heavy atom. The first-order chi connectivity index (χ1) is 12.2. The molecule has 3 rings (SSSR count). The summed E-state index contributed by atoms with van der Waals surface area (Å²) in [5, 5.41) is 0. The lowest BCUT2D eigenvalue weighted by Crippen LogP contribution is -2.45. The van der Waals surface area contributed by atoms with E-state index >= 15 is 0 Å². The van der Waals surface area contributed by atoms with Gasteiger partial charge in [0.05, 0.1) is 14.2 Å². The highest BCUT2D eigenvalue weighted by atomic mass is 79.9. The highest BCUT2D eigenvalue weighted by molar-refractivity contribution is 9.10. The fraction of sp³-hybridized carbons (Fsp3) is 0.400. The van der Waals surface area contributed by atoms with E-state index in [2.05, 4.69) is 62.1 Å². The van der Waals surface area contributed by atoms with Crippen LogP contribution in [0.2, 0.25) is 0 Å². The molecule has 0 saturated carbocycles. The molecule has 1 saturated heterocycles. The van der Waals surface area contributed by atoms with Crippen LogP contribution in [0.1, 0.15) is 11.1 Å². The quantitative estimate of drug-likeness (QED) is 0.730. The molecule has 1 aliphatic rings. The van der Waals surface area contributed by atoms with E-state index in [4.69, 9.17) is 9.47 Å². The van der Waals surface area contributed by atoms with Gasteiger partial charge in [-0.25, -0.2) is 0 Å². The van der Waals surface area contributed by atoms with Crippen LogP contribution < -0.4 is 9.47 Å². The third kappa shape index (κ3) is 4.97. The average Bonchev–Trinajstić information content (AvgIpc) is 2.63. The second-order valence-corrected chi connectivity index (χ2v) is 7.29. The van der Waals surface area contributed by atoms with E-state index in [0.717, 1.165) is 55.2 Å². The van der Waals surface area contributed by atoms with E-state index in [9.17, 15) is 0 Å². The maximum absolute atomic E-state index is 5.40. The Labute approximate surface area is 158 Å². The first-order valence-electron chi connectivity index (χ1n) is 8.58. The third-order valence-electron chi connectivity index (χ3n) is 4.61. The fourth-order valence-corrected chi connectivity index (χ4v) is 3.68. The van der Waals surface area contributed by atoms with Crippen LogP contribution >= 0.6 is 15.9 Å². The van der Waals surface area contributed by atoms with E-state index in [0.29, 0.717) is 0 Å². The van der Waals surface area contributed by atoms with Crippen molar-refractivity contribution >= 4 is 15.9 Å². The summed E-state index contributed by atoms with van der Waals surface area (Å²) in [7, 11) is 3.35. The average molecular weight is 405 g/mol. The minimum absolute atomic E-state index is 0.782. The van der Waals surface area contributed by atoms with Crippen molar-refractivity contribution in [2.75, 3.05) is 40.4 Å². The van der Waals surface area contributed by atoms with Crippen LogP contribution in [-0.2, 0) is 13.1 Å². The Hall–Kier alpha value is -1.56. The van der Waals surface area contributed by atoms with Crippen molar-refractivity contribution in [3.63, 3.8) is 0 Å². The van der Waals surface area contributed by atoms with E-state index in [-0.39, 0.29) is 0 Å². The molecule has 0 unspecified atom stereocenters.